The van der Waals surface area contributed by atoms with E-state index in [0.717, 1.165) is 36.3 Å². The fourth-order valence-electron chi connectivity index (χ4n) is 3.22. The molecule has 0 unspecified atom stereocenters. The molecule has 0 aliphatic rings. The second-order valence-electron chi connectivity index (χ2n) is 8.64. The number of rotatable bonds is 6. The van der Waals surface area contributed by atoms with E-state index in [4.69, 9.17) is 4.74 Å². The molecule has 0 aliphatic heterocycles. The first kappa shape index (κ1) is 21.2. The van der Waals surface area contributed by atoms with Crippen molar-refractivity contribution in [3.63, 3.8) is 0 Å². The van der Waals surface area contributed by atoms with Crippen molar-refractivity contribution in [3.8, 4) is 17.1 Å². The first-order valence-electron chi connectivity index (χ1n) is 10.6. The van der Waals surface area contributed by atoms with E-state index in [-0.39, 0.29) is 11.0 Å². The van der Waals surface area contributed by atoms with Crippen LogP contribution in [0.4, 0.5) is 0 Å². The van der Waals surface area contributed by atoms with Gasteiger partial charge in [0.25, 0.3) is 5.56 Å². The number of hydrogen-bond donors (Lipinski definition) is 0. The van der Waals surface area contributed by atoms with Crippen LogP contribution in [0, 0.1) is 0 Å². The van der Waals surface area contributed by atoms with Crippen LogP contribution < -0.4 is 14.8 Å². The van der Waals surface area contributed by atoms with Crippen molar-refractivity contribution in [2.75, 3.05) is 6.61 Å². The Labute approximate surface area is 186 Å². The summed E-state index contributed by atoms with van der Waals surface area (Å²) in [7, 11) is 0. The van der Waals surface area contributed by atoms with Gasteiger partial charge in [0.05, 0.1) is 11.1 Å². The van der Waals surface area contributed by atoms with Gasteiger partial charge in [-0.1, -0.05) is 81.9 Å². The quantitative estimate of drug-likeness (QED) is 0.408. The zero-order chi connectivity index (χ0) is 22.0. The molecule has 31 heavy (non-hydrogen) atoms. The SMILES string of the molecule is CCCCOc1ccc(C=c2sc3nc(-c4ccc(C(C)(C)C)cc4)nn3c2=O)cc1. The average Bonchev–Trinajstić information content (AvgIpc) is 3.29. The molecule has 0 bridgehead atoms. The standard InChI is InChI=1S/C25H27N3O2S/c1-5-6-15-30-20-13-7-17(8-14-20)16-21-23(29)28-24(31-21)26-22(27-28)18-9-11-19(12-10-18)25(2,3)4/h7-14,16H,5-6,15H2,1-4H3. The highest BCUT2D eigenvalue weighted by Crippen LogP contribution is 2.25. The zero-order valence-electron chi connectivity index (χ0n) is 18.4. The van der Waals surface area contributed by atoms with Gasteiger partial charge in [-0.2, -0.15) is 9.50 Å². The predicted octanol–water partition coefficient (Wildman–Crippen LogP) is 4.84. The summed E-state index contributed by atoms with van der Waals surface area (Å²) in [4.78, 5) is 18.0. The Hall–Kier alpha value is -2.99. The molecule has 0 atom stereocenters. The summed E-state index contributed by atoms with van der Waals surface area (Å²) in [6.07, 6.45) is 4.02. The highest BCUT2D eigenvalue weighted by atomic mass is 32.1. The molecule has 0 spiro atoms. The van der Waals surface area contributed by atoms with Crippen molar-refractivity contribution in [2.45, 2.75) is 46.0 Å². The third kappa shape index (κ3) is 4.69. The number of unbranched alkanes of at least 4 members (excludes halogenated alkanes) is 1. The van der Waals surface area contributed by atoms with Gasteiger partial charge in [-0.15, -0.1) is 5.10 Å². The lowest BCUT2D eigenvalue weighted by atomic mass is 9.87. The molecule has 0 saturated heterocycles. The molecule has 6 heteroatoms. The Balaban J connectivity index is 1.58. The van der Waals surface area contributed by atoms with Gasteiger partial charge in [-0.05, 0) is 41.2 Å². The highest BCUT2D eigenvalue weighted by Gasteiger charge is 2.15. The lowest BCUT2D eigenvalue weighted by Crippen LogP contribution is -2.23. The highest BCUT2D eigenvalue weighted by molar-refractivity contribution is 7.15. The third-order valence-corrected chi connectivity index (χ3v) is 6.09. The van der Waals surface area contributed by atoms with Gasteiger partial charge in [-0.3, -0.25) is 4.79 Å². The van der Waals surface area contributed by atoms with Gasteiger partial charge < -0.3 is 4.74 Å². The monoisotopic (exact) mass is 433 g/mol. The number of benzene rings is 2. The van der Waals surface area contributed by atoms with Gasteiger partial charge in [-0.25, -0.2) is 0 Å². The van der Waals surface area contributed by atoms with Gasteiger partial charge in [0.1, 0.15) is 5.75 Å². The minimum absolute atomic E-state index is 0.0905. The molecule has 4 rings (SSSR count). The van der Waals surface area contributed by atoms with Crippen LogP contribution >= 0.6 is 11.3 Å². The first-order valence-corrected chi connectivity index (χ1v) is 11.4. The Bertz CT molecular complexity index is 1280. The number of aromatic nitrogens is 3. The number of hydrogen-bond acceptors (Lipinski definition) is 5. The Kier molecular flexibility index (Phi) is 5.92. The molecule has 160 valence electrons. The normalized spacial score (nSPS) is 12.6. The van der Waals surface area contributed by atoms with Gasteiger partial charge in [0, 0.05) is 5.56 Å². The molecular formula is C25H27N3O2S. The van der Waals surface area contributed by atoms with E-state index in [1.807, 2.05) is 42.5 Å². The Morgan fingerprint density at radius 2 is 1.77 bits per heavy atom. The molecule has 5 nitrogen and oxygen atoms in total. The Morgan fingerprint density at radius 1 is 1.06 bits per heavy atom. The summed E-state index contributed by atoms with van der Waals surface area (Å²) in [5.41, 5.74) is 3.05. The van der Waals surface area contributed by atoms with Crippen LogP contribution in [0.15, 0.2) is 53.3 Å². The van der Waals surface area contributed by atoms with E-state index >= 15 is 0 Å². The summed E-state index contributed by atoms with van der Waals surface area (Å²) in [5.74, 6) is 1.42. The van der Waals surface area contributed by atoms with Crippen LogP contribution in [0.25, 0.3) is 22.4 Å². The molecule has 2 aromatic heterocycles. The molecule has 0 N–H and O–H groups in total. The van der Waals surface area contributed by atoms with Gasteiger partial charge in [0.2, 0.25) is 4.96 Å². The molecule has 4 aromatic rings. The van der Waals surface area contributed by atoms with Crippen LogP contribution in [0.2, 0.25) is 0 Å². The minimum Gasteiger partial charge on any atom is -0.494 e. The second-order valence-corrected chi connectivity index (χ2v) is 9.65. The van der Waals surface area contributed by atoms with E-state index in [1.54, 1.807) is 0 Å². The van der Waals surface area contributed by atoms with E-state index in [0.29, 0.717) is 15.3 Å². The van der Waals surface area contributed by atoms with Crippen LogP contribution in [0.3, 0.4) is 0 Å². The number of fused-ring (bicyclic) bond motifs is 1. The molecule has 0 saturated carbocycles. The van der Waals surface area contributed by atoms with E-state index in [2.05, 4.69) is 49.9 Å². The van der Waals surface area contributed by atoms with Crippen LogP contribution in [0.1, 0.15) is 51.7 Å². The number of ether oxygens (including phenoxy) is 1. The molecule has 0 aliphatic carbocycles. The second kappa shape index (κ2) is 8.63. The van der Waals surface area contributed by atoms with Crippen LogP contribution in [-0.2, 0) is 5.41 Å². The van der Waals surface area contributed by atoms with Crippen molar-refractivity contribution in [1.82, 2.24) is 14.6 Å². The fourth-order valence-corrected chi connectivity index (χ4v) is 4.13. The van der Waals surface area contributed by atoms with E-state index in [1.165, 1.54) is 21.4 Å². The summed E-state index contributed by atoms with van der Waals surface area (Å²) < 4.78 is 7.70. The summed E-state index contributed by atoms with van der Waals surface area (Å²) in [6.45, 7) is 9.41. The smallest absolute Gasteiger partial charge is 0.291 e. The van der Waals surface area contributed by atoms with Crippen molar-refractivity contribution in [2.24, 2.45) is 0 Å². The van der Waals surface area contributed by atoms with E-state index < -0.39 is 0 Å². The maximum Gasteiger partial charge on any atom is 0.291 e. The lowest BCUT2D eigenvalue weighted by Gasteiger charge is -2.18. The van der Waals surface area contributed by atoms with Crippen molar-refractivity contribution in [3.05, 3.63) is 74.5 Å². The largest absolute Gasteiger partial charge is 0.494 e. The summed E-state index contributed by atoms with van der Waals surface area (Å²) in [5, 5.41) is 4.46. The van der Waals surface area contributed by atoms with Crippen molar-refractivity contribution in [1.29, 1.82) is 0 Å². The van der Waals surface area contributed by atoms with Crippen LogP contribution in [0.5, 0.6) is 5.75 Å². The number of nitrogens with zero attached hydrogens (tertiary/aromatic N) is 3. The molecular weight excluding hydrogens is 406 g/mol. The first-order chi connectivity index (χ1) is 14.8. The molecule has 0 radical (unpaired) electrons. The van der Waals surface area contributed by atoms with Crippen LogP contribution in [-0.4, -0.2) is 21.2 Å². The van der Waals surface area contributed by atoms with Crippen molar-refractivity contribution < 1.29 is 4.74 Å². The topological polar surface area (TPSA) is 56.5 Å². The average molecular weight is 434 g/mol. The molecule has 2 aromatic carbocycles. The molecule has 2 heterocycles. The maximum atomic E-state index is 12.8. The zero-order valence-corrected chi connectivity index (χ0v) is 19.2. The van der Waals surface area contributed by atoms with Gasteiger partial charge in [0.15, 0.2) is 5.82 Å². The summed E-state index contributed by atoms with van der Waals surface area (Å²) in [6, 6.07) is 16.0. The third-order valence-electron chi connectivity index (χ3n) is 5.14. The maximum absolute atomic E-state index is 12.8. The van der Waals surface area contributed by atoms with Gasteiger partial charge >= 0.3 is 0 Å². The fraction of sp³-hybridized carbons (Fsp3) is 0.320. The lowest BCUT2D eigenvalue weighted by molar-refractivity contribution is 0.309. The number of thiazole rings is 1. The minimum atomic E-state index is -0.145. The summed E-state index contributed by atoms with van der Waals surface area (Å²) >= 11 is 1.35. The molecule has 0 fully saturated rings. The predicted molar refractivity (Wildman–Crippen MR) is 127 cm³/mol. The van der Waals surface area contributed by atoms with E-state index in [9.17, 15) is 4.79 Å². The Morgan fingerprint density at radius 3 is 2.39 bits per heavy atom. The van der Waals surface area contributed by atoms with Crippen molar-refractivity contribution >= 4 is 22.4 Å². The molecule has 0 amide bonds.